The van der Waals surface area contributed by atoms with Crippen LogP contribution in [0.1, 0.15) is 29.8 Å². The van der Waals surface area contributed by atoms with Crippen LogP contribution in [-0.2, 0) is 6.54 Å². The standard InChI is InChI=1S/C23H29FN4O3/c1-16(2)25-23(30)26-20-7-4-17(5-8-20)22(29)28-12-10-27(11-13-28)15-18-14-19(24)6-9-21(18)31-3/h4-9,14,16H,10-13,15H2,1-3H3,(H2,25,26,30). The molecule has 0 bridgehead atoms. The van der Waals surface area contributed by atoms with Crippen LogP contribution in [0.5, 0.6) is 5.75 Å². The number of nitrogens with one attached hydrogen (secondary N) is 2. The molecule has 7 nitrogen and oxygen atoms in total. The molecular weight excluding hydrogens is 399 g/mol. The summed E-state index contributed by atoms with van der Waals surface area (Å²) in [6, 6.07) is 11.2. The molecule has 0 spiro atoms. The summed E-state index contributed by atoms with van der Waals surface area (Å²) in [7, 11) is 1.57. The Morgan fingerprint density at radius 2 is 1.74 bits per heavy atom. The first-order valence-corrected chi connectivity index (χ1v) is 10.4. The highest BCUT2D eigenvalue weighted by molar-refractivity contribution is 5.95. The lowest BCUT2D eigenvalue weighted by Gasteiger charge is -2.35. The smallest absolute Gasteiger partial charge is 0.319 e. The second kappa shape index (κ2) is 10.3. The number of carbonyl (C=O) groups excluding carboxylic acids is 2. The van der Waals surface area contributed by atoms with E-state index in [1.165, 1.54) is 12.1 Å². The lowest BCUT2D eigenvalue weighted by molar-refractivity contribution is 0.0627. The molecule has 2 aromatic rings. The van der Waals surface area contributed by atoms with Gasteiger partial charge in [-0.1, -0.05) is 0 Å². The van der Waals surface area contributed by atoms with Gasteiger partial charge in [0.2, 0.25) is 0 Å². The highest BCUT2D eigenvalue weighted by atomic mass is 19.1. The molecule has 2 N–H and O–H groups in total. The predicted octanol–water partition coefficient (Wildman–Crippen LogP) is 3.32. The van der Waals surface area contributed by atoms with Crippen molar-refractivity contribution >= 4 is 17.6 Å². The van der Waals surface area contributed by atoms with Crippen molar-refractivity contribution in [3.8, 4) is 5.75 Å². The normalized spacial score (nSPS) is 14.4. The Labute approximate surface area is 182 Å². The zero-order valence-corrected chi connectivity index (χ0v) is 18.2. The van der Waals surface area contributed by atoms with Crippen molar-refractivity contribution < 1.29 is 18.7 Å². The first-order valence-electron chi connectivity index (χ1n) is 10.4. The van der Waals surface area contributed by atoms with E-state index in [1.807, 2.05) is 18.7 Å². The van der Waals surface area contributed by atoms with E-state index in [0.717, 1.165) is 5.56 Å². The molecular formula is C23H29FN4O3. The first kappa shape index (κ1) is 22.6. The number of nitrogens with zero attached hydrogens (tertiary/aromatic N) is 2. The van der Waals surface area contributed by atoms with Crippen LogP contribution in [0.3, 0.4) is 0 Å². The predicted molar refractivity (Wildman–Crippen MR) is 118 cm³/mol. The summed E-state index contributed by atoms with van der Waals surface area (Å²) in [6.45, 7) is 6.91. The number of carbonyl (C=O) groups is 2. The van der Waals surface area contributed by atoms with Crippen LogP contribution < -0.4 is 15.4 Å². The summed E-state index contributed by atoms with van der Waals surface area (Å²) >= 11 is 0. The van der Waals surface area contributed by atoms with Crippen LogP contribution in [0.4, 0.5) is 14.9 Å². The molecule has 3 amide bonds. The molecule has 2 aromatic carbocycles. The maximum atomic E-state index is 13.6. The second-order valence-corrected chi connectivity index (χ2v) is 7.86. The Hall–Kier alpha value is -3.13. The Morgan fingerprint density at radius 1 is 1.06 bits per heavy atom. The van der Waals surface area contributed by atoms with Gasteiger partial charge in [0.15, 0.2) is 0 Å². The first-order chi connectivity index (χ1) is 14.9. The van der Waals surface area contributed by atoms with E-state index >= 15 is 0 Å². The van der Waals surface area contributed by atoms with E-state index in [4.69, 9.17) is 4.74 Å². The second-order valence-electron chi connectivity index (χ2n) is 7.86. The number of hydrogen-bond acceptors (Lipinski definition) is 4. The highest BCUT2D eigenvalue weighted by Crippen LogP contribution is 2.22. The fourth-order valence-corrected chi connectivity index (χ4v) is 3.53. The van der Waals surface area contributed by atoms with Gasteiger partial charge in [-0.2, -0.15) is 0 Å². The highest BCUT2D eigenvalue weighted by Gasteiger charge is 2.23. The van der Waals surface area contributed by atoms with E-state index in [2.05, 4.69) is 15.5 Å². The van der Waals surface area contributed by atoms with Crippen molar-refractivity contribution in [1.82, 2.24) is 15.1 Å². The molecule has 1 heterocycles. The van der Waals surface area contributed by atoms with Gasteiger partial charge in [-0.3, -0.25) is 9.69 Å². The van der Waals surface area contributed by atoms with Crippen LogP contribution >= 0.6 is 0 Å². The van der Waals surface area contributed by atoms with Crippen LogP contribution in [0.25, 0.3) is 0 Å². The van der Waals surface area contributed by atoms with Gasteiger partial charge in [-0.15, -0.1) is 0 Å². The maximum Gasteiger partial charge on any atom is 0.319 e. The monoisotopic (exact) mass is 428 g/mol. The Bertz CT molecular complexity index is 910. The number of urea groups is 1. The van der Waals surface area contributed by atoms with Crippen molar-refractivity contribution in [2.24, 2.45) is 0 Å². The van der Waals surface area contributed by atoms with Gasteiger partial charge in [-0.05, 0) is 56.3 Å². The van der Waals surface area contributed by atoms with Crippen molar-refractivity contribution in [2.75, 3.05) is 38.6 Å². The quantitative estimate of drug-likeness (QED) is 0.740. The zero-order valence-electron chi connectivity index (χ0n) is 18.2. The van der Waals surface area contributed by atoms with E-state index in [1.54, 1.807) is 37.4 Å². The number of benzene rings is 2. The summed E-state index contributed by atoms with van der Waals surface area (Å²) < 4.78 is 18.9. The number of hydrogen-bond donors (Lipinski definition) is 2. The Morgan fingerprint density at radius 3 is 2.35 bits per heavy atom. The minimum absolute atomic E-state index is 0.0406. The molecule has 31 heavy (non-hydrogen) atoms. The third kappa shape index (κ3) is 6.18. The van der Waals surface area contributed by atoms with Gasteiger partial charge in [0.25, 0.3) is 5.91 Å². The van der Waals surface area contributed by atoms with Crippen LogP contribution in [-0.4, -0.2) is 61.1 Å². The molecule has 0 aromatic heterocycles. The Balaban J connectivity index is 1.53. The molecule has 1 fully saturated rings. The molecule has 0 saturated carbocycles. The molecule has 0 atom stereocenters. The fraction of sp³-hybridized carbons (Fsp3) is 0.391. The molecule has 0 unspecified atom stereocenters. The summed E-state index contributed by atoms with van der Waals surface area (Å²) in [4.78, 5) is 28.6. The average Bonchev–Trinajstić information content (AvgIpc) is 2.74. The molecule has 3 rings (SSSR count). The fourth-order valence-electron chi connectivity index (χ4n) is 3.53. The summed E-state index contributed by atoms with van der Waals surface area (Å²) in [5.41, 5.74) is 2.01. The van der Waals surface area contributed by atoms with Crippen LogP contribution in [0.2, 0.25) is 0 Å². The zero-order chi connectivity index (χ0) is 22.4. The van der Waals surface area contributed by atoms with Crippen LogP contribution in [0, 0.1) is 5.82 Å². The number of methoxy groups -OCH3 is 1. The molecule has 1 aliphatic heterocycles. The van der Waals surface area contributed by atoms with Crippen molar-refractivity contribution in [3.63, 3.8) is 0 Å². The van der Waals surface area contributed by atoms with Gasteiger partial charge < -0.3 is 20.3 Å². The number of piperazine rings is 1. The van der Waals surface area contributed by atoms with E-state index in [0.29, 0.717) is 49.7 Å². The molecule has 8 heteroatoms. The van der Waals surface area contributed by atoms with Gasteiger partial charge in [0.1, 0.15) is 11.6 Å². The molecule has 0 radical (unpaired) electrons. The summed E-state index contributed by atoms with van der Waals surface area (Å²) in [6.07, 6.45) is 0. The largest absolute Gasteiger partial charge is 0.496 e. The maximum absolute atomic E-state index is 13.6. The van der Waals surface area contributed by atoms with Crippen molar-refractivity contribution in [3.05, 3.63) is 59.4 Å². The van der Waals surface area contributed by atoms with Crippen LogP contribution in [0.15, 0.2) is 42.5 Å². The molecule has 0 aliphatic carbocycles. The van der Waals surface area contributed by atoms with Crippen molar-refractivity contribution in [2.45, 2.75) is 26.4 Å². The minimum Gasteiger partial charge on any atom is -0.496 e. The minimum atomic E-state index is -0.288. The third-order valence-electron chi connectivity index (χ3n) is 5.11. The Kier molecular flexibility index (Phi) is 7.46. The summed E-state index contributed by atoms with van der Waals surface area (Å²) in [5, 5.41) is 5.50. The van der Waals surface area contributed by atoms with E-state index < -0.39 is 0 Å². The van der Waals surface area contributed by atoms with E-state index in [-0.39, 0.29) is 23.8 Å². The number of amides is 3. The van der Waals surface area contributed by atoms with Gasteiger partial charge in [-0.25, -0.2) is 9.18 Å². The van der Waals surface area contributed by atoms with Gasteiger partial charge in [0.05, 0.1) is 7.11 Å². The molecule has 1 aliphatic rings. The number of ether oxygens (including phenoxy) is 1. The lowest BCUT2D eigenvalue weighted by atomic mass is 10.1. The number of halogens is 1. The molecule has 166 valence electrons. The van der Waals surface area contributed by atoms with E-state index in [9.17, 15) is 14.0 Å². The SMILES string of the molecule is COc1ccc(F)cc1CN1CCN(C(=O)c2ccc(NC(=O)NC(C)C)cc2)CC1. The topological polar surface area (TPSA) is 73.9 Å². The number of anilines is 1. The molecule has 1 saturated heterocycles. The average molecular weight is 429 g/mol. The van der Waals surface area contributed by atoms with Gasteiger partial charge in [0, 0.05) is 55.6 Å². The summed E-state index contributed by atoms with van der Waals surface area (Å²) in [5.74, 6) is 0.334. The lowest BCUT2D eigenvalue weighted by Crippen LogP contribution is -2.48. The number of rotatable bonds is 6. The van der Waals surface area contributed by atoms with Gasteiger partial charge >= 0.3 is 6.03 Å². The third-order valence-corrected chi connectivity index (χ3v) is 5.11. The van der Waals surface area contributed by atoms with Crippen molar-refractivity contribution in [1.29, 1.82) is 0 Å².